The van der Waals surface area contributed by atoms with Gasteiger partial charge in [-0.3, -0.25) is 9.20 Å². The molecule has 3 rings (SSSR count). The molecule has 7 heteroatoms. The largest absolute Gasteiger partial charge is 0.496 e. The Morgan fingerprint density at radius 3 is 2.42 bits per heavy atom. The maximum atomic E-state index is 10.9. The number of imidazole rings is 1. The molecule has 1 aromatic carbocycles. The number of methoxy groups -OCH3 is 2. The van der Waals surface area contributed by atoms with E-state index in [9.17, 15) is 4.79 Å². The zero-order valence-corrected chi connectivity index (χ0v) is 16.3. The van der Waals surface area contributed by atoms with Gasteiger partial charge in [-0.1, -0.05) is 20.8 Å². The molecule has 0 atom stereocenters. The number of fused-ring (bicyclic) bond motifs is 1. The van der Waals surface area contributed by atoms with E-state index in [0.29, 0.717) is 0 Å². The Balaban J connectivity index is 2.09. The highest BCUT2D eigenvalue weighted by atomic mass is 32.1. The fourth-order valence-electron chi connectivity index (χ4n) is 2.89. The summed E-state index contributed by atoms with van der Waals surface area (Å²) < 4.78 is 13.1. The van der Waals surface area contributed by atoms with E-state index in [4.69, 9.17) is 14.6 Å². The molecule has 0 amide bonds. The number of ether oxygens (including phenoxy) is 2. The van der Waals surface area contributed by atoms with Crippen molar-refractivity contribution in [3.05, 3.63) is 35.0 Å². The summed E-state index contributed by atoms with van der Waals surface area (Å²) >= 11 is 1.37. The van der Waals surface area contributed by atoms with E-state index in [0.717, 1.165) is 38.2 Å². The third-order valence-electron chi connectivity index (χ3n) is 4.13. The van der Waals surface area contributed by atoms with Crippen molar-refractivity contribution in [2.24, 2.45) is 0 Å². The summed E-state index contributed by atoms with van der Waals surface area (Å²) in [5.41, 5.74) is 2.57. The summed E-state index contributed by atoms with van der Waals surface area (Å²) in [4.78, 5) is 17.0. The molecule has 2 aromatic heterocycles. The maximum Gasteiger partial charge on any atom is 0.308 e. The minimum atomic E-state index is -0.848. The lowest BCUT2D eigenvalue weighted by atomic mass is 9.85. The van der Waals surface area contributed by atoms with Crippen LogP contribution in [0.25, 0.3) is 16.2 Å². The first-order chi connectivity index (χ1) is 12.2. The zero-order valence-electron chi connectivity index (χ0n) is 15.5. The van der Waals surface area contributed by atoms with Crippen LogP contribution in [0.2, 0.25) is 0 Å². The van der Waals surface area contributed by atoms with E-state index in [1.165, 1.54) is 11.3 Å². The van der Waals surface area contributed by atoms with Crippen molar-refractivity contribution < 1.29 is 19.4 Å². The van der Waals surface area contributed by atoms with Crippen molar-refractivity contribution in [2.75, 3.05) is 14.2 Å². The van der Waals surface area contributed by atoms with Crippen LogP contribution in [-0.2, 0) is 16.6 Å². The lowest BCUT2D eigenvalue weighted by molar-refractivity contribution is -0.136. The quantitative estimate of drug-likeness (QED) is 0.731. The van der Waals surface area contributed by atoms with Gasteiger partial charge in [0.15, 0.2) is 4.96 Å². The summed E-state index contributed by atoms with van der Waals surface area (Å²) in [6.45, 7) is 6.38. The number of thiazole rings is 1. The molecule has 0 fully saturated rings. The summed E-state index contributed by atoms with van der Waals surface area (Å²) in [5, 5.41) is 8.93. The molecule has 138 valence electrons. The molecule has 0 saturated heterocycles. The molecule has 26 heavy (non-hydrogen) atoms. The second kappa shape index (κ2) is 6.64. The van der Waals surface area contributed by atoms with E-state index in [1.54, 1.807) is 20.4 Å². The van der Waals surface area contributed by atoms with Crippen molar-refractivity contribution in [3.63, 3.8) is 0 Å². The molecule has 0 unspecified atom stereocenters. The lowest BCUT2D eigenvalue weighted by Crippen LogP contribution is -2.13. The molecule has 0 aliphatic rings. The first kappa shape index (κ1) is 18.3. The minimum absolute atomic E-state index is 0.000777. The second-order valence-corrected chi connectivity index (χ2v) is 8.18. The van der Waals surface area contributed by atoms with Crippen molar-refractivity contribution >= 4 is 22.3 Å². The molecule has 0 radical (unpaired) electrons. The zero-order chi connectivity index (χ0) is 19.1. The van der Waals surface area contributed by atoms with Crippen LogP contribution in [0.3, 0.4) is 0 Å². The van der Waals surface area contributed by atoms with Crippen LogP contribution in [0.4, 0.5) is 0 Å². The number of carboxylic acid groups (broad SMARTS) is 1. The Morgan fingerprint density at radius 2 is 1.88 bits per heavy atom. The van der Waals surface area contributed by atoms with Crippen molar-refractivity contribution in [3.8, 4) is 22.8 Å². The van der Waals surface area contributed by atoms with Gasteiger partial charge >= 0.3 is 5.97 Å². The Kier molecular flexibility index (Phi) is 4.66. The summed E-state index contributed by atoms with van der Waals surface area (Å²) in [6, 6.07) is 3.95. The van der Waals surface area contributed by atoms with E-state index < -0.39 is 5.97 Å². The van der Waals surface area contributed by atoms with Gasteiger partial charge in [-0.2, -0.15) is 0 Å². The Morgan fingerprint density at radius 1 is 1.19 bits per heavy atom. The summed E-state index contributed by atoms with van der Waals surface area (Å²) in [6.07, 6.45) is 3.68. The number of carbonyl (C=O) groups is 1. The number of benzene rings is 1. The number of hydrogen-bond acceptors (Lipinski definition) is 5. The van der Waals surface area contributed by atoms with Gasteiger partial charge in [0.2, 0.25) is 0 Å². The number of hydrogen-bond donors (Lipinski definition) is 1. The molecule has 1 N–H and O–H groups in total. The highest BCUT2D eigenvalue weighted by Crippen LogP contribution is 2.41. The van der Waals surface area contributed by atoms with Gasteiger partial charge in [0, 0.05) is 28.4 Å². The van der Waals surface area contributed by atoms with Gasteiger partial charge in [-0.15, -0.1) is 11.3 Å². The Bertz CT molecular complexity index is 934. The standard InChI is InChI=1S/C19H22N2O4S/c1-19(2,3)13-8-15(24-4)12(7-16(13)25-5)14-10-21-9-11(6-17(22)23)26-18(21)20-14/h7-10H,6H2,1-5H3,(H,22,23). The van der Waals surface area contributed by atoms with E-state index >= 15 is 0 Å². The lowest BCUT2D eigenvalue weighted by Gasteiger charge is -2.23. The number of rotatable bonds is 5. The van der Waals surface area contributed by atoms with Crippen LogP contribution in [0.15, 0.2) is 24.5 Å². The molecule has 6 nitrogen and oxygen atoms in total. The average molecular weight is 374 g/mol. The average Bonchev–Trinajstić information content (AvgIpc) is 3.10. The van der Waals surface area contributed by atoms with Crippen molar-refractivity contribution in [1.82, 2.24) is 9.38 Å². The number of aromatic nitrogens is 2. The number of aliphatic carboxylic acids is 1. The molecule has 0 bridgehead atoms. The van der Waals surface area contributed by atoms with Crippen LogP contribution in [-0.4, -0.2) is 34.7 Å². The molecule has 3 aromatic rings. The van der Waals surface area contributed by atoms with Gasteiger partial charge in [-0.25, -0.2) is 4.98 Å². The monoisotopic (exact) mass is 374 g/mol. The number of nitrogens with zero attached hydrogens (tertiary/aromatic N) is 2. The third-order valence-corrected chi connectivity index (χ3v) is 5.13. The minimum Gasteiger partial charge on any atom is -0.496 e. The fraction of sp³-hybridized carbons (Fsp3) is 0.368. The second-order valence-electron chi connectivity index (χ2n) is 7.09. The van der Waals surface area contributed by atoms with Crippen LogP contribution < -0.4 is 9.47 Å². The highest BCUT2D eigenvalue weighted by molar-refractivity contribution is 7.17. The summed E-state index contributed by atoms with van der Waals surface area (Å²) in [5.74, 6) is 0.669. The topological polar surface area (TPSA) is 73.1 Å². The SMILES string of the molecule is COc1cc(C(C)(C)C)c(OC)cc1-c1cn2cc(CC(=O)O)sc2n1. The third kappa shape index (κ3) is 3.39. The van der Waals surface area contributed by atoms with E-state index in [-0.39, 0.29) is 11.8 Å². The molecule has 0 saturated carbocycles. The molecule has 2 heterocycles. The van der Waals surface area contributed by atoms with Gasteiger partial charge in [0.25, 0.3) is 0 Å². The molecule has 0 aliphatic heterocycles. The van der Waals surface area contributed by atoms with Gasteiger partial charge < -0.3 is 14.6 Å². The first-order valence-corrected chi connectivity index (χ1v) is 9.00. The van der Waals surface area contributed by atoms with Crippen LogP contribution >= 0.6 is 11.3 Å². The first-order valence-electron chi connectivity index (χ1n) is 8.19. The van der Waals surface area contributed by atoms with Gasteiger partial charge in [0.05, 0.1) is 26.3 Å². The normalized spacial score (nSPS) is 11.7. The highest BCUT2D eigenvalue weighted by Gasteiger charge is 2.23. The molecular formula is C19H22N2O4S. The van der Waals surface area contributed by atoms with Crippen molar-refractivity contribution in [2.45, 2.75) is 32.6 Å². The smallest absolute Gasteiger partial charge is 0.308 e. The predicted octanol–water partition coefficient (Wildman–Crippen LogP) is 4.00. The predicted molar refractivity (Wildman–Crippen MR) is 102 cm³/mol. The molecule has 0 aliphatic carbocycles. The fourth-order valence-corrected chi connectivity index (χ4v) is 3.84. The number of carboxylic acids is 1. The Hall–Kier alpha value is -2.54. The molecular weight excluding hydrogens is 352 g/mol. The van der Waals surface area contributed by atoms with Crippen LogP contribution in [0, 0.1) is 0 Å². The summed E-state index contributed by atoms with van der Waals surface area (Å²) in [7, 11) is 3.30. The molecule has 0 spiro atoms. The van der Waals surface area contributed by atoms with Crippen molar-refractivity contribution in [1.29, 1.82) is 0 Å². The maximum absolute atomic E-state index is 10.9. The van der Waals surface area contributed by atoms with Gasteiger partial charge in [0.1, 0.15) is 11.5 Å². The van der Waals surface area contributed by atoms with Gasteiger partial charge in [-0.05, 0) is 17.5 Å². The van der Waals surface area contributed by atoms with E-state index in [1.807, 2.05) is 22.7 Å². The Labute approximate surface area is 156 Å². The van der Waals surface area contributed by atoms with Crippen LogP contribution in [0.5, 0.6) is 11.5 Å². The van der Waals surface area contributed by atoms with E-state index in [2.05, 4.69) is 25.8 Å². The van der Waals surface area contributed by atoms with Crippen LogP contribution in [0.1, 0.15) is 31.2 Å².